The van der Waals surface area contributed by atoms with Crippen molar-refractivity contribution in [1.82, 2.24) is 10.6 Å². The van der Waals surface area contributed by atoms with E-state index in [1.165, 1.54) is 11.6 Å². The first-order valence-corrected chi connectivity index (χ1v) is 9.34. The minimum Gasteiger partial charge on any atom is -0.355 e. The fourth-order valence-electron chi connectivity index (χ4n) is 2.86. The molecule has 0 bridgehead atoms. The largest absolute Gasteiger partial charge is 0.355 e. The zero-order valence-electron chi connectivity index (χ0n) is 16.5. The van der Waals surface area contributed by atoms with Gasteiger partial charge in [0.2, 0.25) is 5.91 Å². The second kappa shape index (κ2) is 9.72. The molecule has 1 atom stereocenters. The average Bonchev–Trinajstić information content (AvgIpc) is 2.70. The normalized spacial score (nSPS) is 12.2. The Hall–Kier alpha value is -2.88. The summed E-state index contributed by atoms with van der Waals surface area (Å²) in [7, 11) is 1.60. The first-order valence-electron chi connectivity index (χ1n) is 9.34. The molecular formula is C23H28N2O2. The lowest BCUT2D eigenvalue weighted by atomic mass is 9.95. The fourth-order valence-corrected chi connectivity index (χ4v) is 2.86. The molecule has 2 rings (SSSR count). The molecule has 2 N–H and O–H groups in total. The van der Waals surface area contributed by atoms with Crippen molar-refractivity contribution in [3.63, 3.8) is 0 Å². The molecule has 0 aliphatic rings. The first-order chi connectivity index (χ1) is 12.9. The third kappa shape index (κ3) is 5.81. The molecule has 0 spiro atoms. The van der Waals surface area contributed by atoms with Crippen molar-refractivity contribution in [3.05, 3.63) is 76.9 Å². The van der Waals surface area contributed by atoms with E-state index in [9.17, 15) is 9.59 Å². The van der Waals surface area contributed by atoms with Gasteiger partial charge in [-0.15, -0.1) is 0 Å². The molecule has 4 heteroatoms. The van der Waals surface area contributed by atoms with Gasteiger partial charge in [0.25, 0.3) is 5.91 Å². The monoisotopic (exact) mass is 364 g/mol. The van der Waals surface area contributed by atoms with Crippen LogP contribution in [0.2, 0.25) is 0 Å². The predicted molar refractivity (Wildman–Crippen MR) is 110 cm³/mol. The highest BCUT2D eigenvalue weighted by Crippen LogP contribution is 2.22. The Bertz CT molecular complexity index is 790. The summed E-state index contributed by atoms with van der Waals surface area (Å²) in [6.45, 7) is 6.32. The lowest BCUT2D eigenvalue weighted by molar-refractivity contribution is -0.117. The van der Waals surface area contributed by atoms with Gasteiger partial charge >= 0.3 is 0 Å². The van der Waals surface area contributed by atoms with Gasteiger partial charge in [0.05, 0.1) is 6.04 Å². The van der Waals surface area contributed by atoms with Crippen LogP contribution >= 0.6 is 0 Å². The number of carbonyl (C=O) groups excluding carboxylic acids is 2. The summed E-state index contributed by atoms with van der Waals surface area (Å²) in [6, 6.07) is 15.5. The van der Waals surface area contributed by atoms with Crippen LogP contribution in [-0.4, -0.2) is 18.9 Å². The summed E-state index contributed by atoms with van der Waals surface area (Å²) in [6.07, 6.45) is 4.28. The zero-order valence-corrected chi connectivity index (χ0v) is 16.5. The number of aryl methyl sites for hydroxylation is 1. The number of hydrogen-bond donors (Lipinski definition) is 2. The molecule has 2 aromatic rings. The standard InChI is InChI=1S/C23H28N2O2/c1-5-17-6-11-19(12-7-17)22(16(2)3)25-21(26)15-10-18-8-13-20(14-9-18)23(27)24-4/h6-16,22H,5H2,1-4H3,(H,24,27)(H,25,26)/b15-10+. The van der Waals surface area contributed by atoms with Crippen molar-refractivity contribution in [2.24, 2.45) is 5.92 Å². The van der Waals surface area contributed by atoms with Gasteiger partial charge in [-0.05, 0) is 47.2 Å². The van der Waals surface area contributed by atoms with Gasteiger partial charge in [-0.25, -0.2) is 0 Å². The van der Waals surface area contributed by atoms with E-state index in [0.29, 0.717) is 5.56 Å². The van der Waals surface area contributed by atoms with E-state index in [4.69, 9.17) is 0 Å². The first kappa shape index (κ1) is 20.4. The number of nitrogens with one attached hydrogen (secondary N) is 2. The van der Waals surface area contributed by atoms with Crippen LogP contribution in [0.3, 0.4) is 0 Å². The zero-order chi connectivity index (χ0) is 19.8. The fraction of sp³-hybridized carbons (Fsp3) is 0.304. The maximum absolute atomic E-state index is 12.4. The van der Waals surface area contributed by atoms with Crippen LogP contribution in [-0.2, 0) is 11.2 Å². The summed E-state index contributed by atoms with van der Waals surface area (Å²) < 4.78 is 0. The topological polar surface area (TPSA) is 58.2 Å². The van der Waals surface area contributed by atoms with Gasteiger partial charge in [0.1, 0.15) is 0 Å². The predicted octanol–water partition coefficient (Wildman–Crippen LogP) is 4.14. The van der Waals surface area contributed by atoms with Crippen LogP contribution in [0.5, 0.6) is 0 Å². The minimum absolute atomic E-state index is 0.0383. The Morgan fingerprint density at radius 2 is 1.63 bits per heavy atom. The highest BCUT2D eigenvalue weighted by molar-refractivity contribution is 5.94. The Morgan fingerprint density at radius 1 is 1.00 bits per heavy atom. The van der Waals surface area contributed by atoms with Crippen molar-refractivity contribution in [1.29, 1.82) is 0 Å². The average molecular weight is 364 g/mol. The van der Waals surface area contributed by atoms with Gasteiger partial charge in [-0.3, -0.25) is 9.59 Å². The lowest BCUT2D eigenvalue weighted by Crippen LogP contribution is -2.30. The highest BCUT2D eigenvalue weighted by atomic mass is 16.2. The van der Waals surface area contributed by atoms with Crippen molar-refractivity contribution in [3.8, 4) is 0 Å². The molecule has 0 saturated heterocycles. The lowest BCUT2D eigenvalue weighted by Gasteiger charge is -2.22. The number of benzene rings is 2. The second-order valence-corrected chi connectivity index (χ2v) is 6.86. The van der Waals surface area contributed by atoms with E-state index in [-0.39, 0.29) is 23.8 Å². The molecular weight excluding hydrogens is 336 g/mol. The molecule has 1 unspecified atom stereocenters. The summed E-state index contributed by atoms with van der Waals surface area (Å²) in [4.78, 5) is 23.9. The quantitative estimate of drug-likeness (QED) is 0.726. The van der Waals surface area contributed by atoms with Crippen LogP contribution in [0.15, 0.2) is 54.6 Å². The maximum Gasteiger partial charge on any atom is 0.251 e. The van der Waals surface area contributed by atoms with Crippen LogP contribution in [0, 0.1) is 5.92 Å². The third-order valence-corrected chi connectivity index (χ3v) is 4.54. The summed E-state index contributed by atoms with van der Waals surface area (Å²) in [5.74, 6) is 0.0162. The molecule has 0 aliphatic carbocycles. The Balaban J connectivity index is 2.04. The molecule has 4 nitrogen and oxygen atoms in total. The SMILES string of the molecule is CCc1ccc(C(NC(=O)/C=C/c2ccc(C(=O)NC)cc2)C(C)C)cc1. The summed E-state index contributed by atoms with van der Waals surface area (Å²) in [5, 5.41) is 5.67. The summed E-state index contributed by atoms with van der Waals surface area (Å²) in [5.41, 5.74) is 3.85. The molecule has 27 heavy (non-hydrogen) atoms. The van der Waals surface area contributed by atoms with E-state index in [1.807, 2.05) is 12.1 Å². The number of amides is 2. The van der Waals surface area contributed by atoms with Crippen LogP contribution in [0.25, 0.3) is 6.08 Å². The molecule has 0 aliphatic heterocycles. The van der Waals surface area contributed by atoms with Gasteiger partial charge in [0.15, 0.2) is 0 Å². The second-order valence-electron chi connectivity index (χ2n) is 6.86. The van der Waals surface area contributed by atoms with E-state index < -0.39 is 0 Å². The molecule has 0 saturated carbocycles. The van der Waals surface area contributed by atoms with Crippen molar-refractivity contribution < 1.29 is 9.59 Å². The number of hydrogen-bond acceptors (Lipinski definition) is 2. The van der Waals surface area contributed by atoms with E-state index >= 15 is 0 Å². The van der Waals surface area contributed by atoms with Gasteiger partial charge in [0, 0.05) is 18.7 Å². The van der Waals surface area contributed by atoms with Crippen LogP contribution in [0.4, 0.5) is 0 Å². The van der Waals surface area contributed by atoms with E-state index in [1.54, 1.807) is 25.3 Å². The third-order valence-electron chi connectivity index (χ3n) is 4.54. The van der Waals surface area contributed by atoms with E-state index in [0.717, 1.165) is 17.5 Å². The van der Waals surface area contributed by atoms with Crippen molar-refractivity contribution in [2.45, 2.75) is 33.2 Å². The van der Waals surface area contributed by atoms with Crippen molar-refractivity contribution in [2.75, 3.05) is 7.05 Å². The van der Waals surface area contributed by atoms with Crippen LogP contribution in [0.1, 0.15) is 53.9 Å². The molecule has 0 radical (unpaired) electrons. The van der Waals surface area contributed by atoms with Crippen LogP contribution < -0.4 is 10.6 Å². The van der Waals surface area contributed by atoms with Gasteiger partial charge < -0.3 is 10.6 Å². The Morgan fingerprint density at radius 3 is 2.15 bits per heavy atom. The number of carbonyl (C=O) groups is 2. The van der Waals surface area contributed by atoms with Gasteiger partial charge in [-0.1, -0.05) is 57.2 Å². The molecule has 2 aromatic carbocycles. The minimum atomic E-state index is -0.136. The Labute approximate surface area is 161 Å². The number of rotatable bonds is 7. The molecule has 2 amide bonds. The van der Waals surface area contributed by atoms with E-state index in [2.05, 4.69) is 55.7 Å². The smallest absolute Gasteiger partial charge is 0.251 e. The van der Waals surface area contributed by atoms with Crippen molar-refractivity contribution >= 4 is 17.9 Å². The van der Waals surface area contributed by atoms with Gasteiger partial charge in [-0.2, -0.15) is 0 Å². The molecule has 0 aromatic heterocycles. The highest BCUT2D eigenvalue weighted by Gasteiger charge is 2.17. The maximum atomic E-state index is 12.4. The summed E-state index contributed by atoms with van der Waals surface area (Å²) >= 11 is 0. The molecule has 0 heterocycles. The molecule has 0 fully saturated rings. The Kier molecular flexibility index (Phi) is 7.35. The molecule has 142 valence electrons.